The molecule has 0 bridgehead atoms. The zero-order valence-electron chi connectivity index (χ0n) is 8.16. The minimum absolute atomic E-state index is 0.409. The summed E-state index contributed by atoms with van der Waals surface area (Å²) in [7, 11) is 0. The third-order valence-corrected chi connectivity index (χ3v) is 4.81. The predicted octanol–water partition coefficient (Wildman–Crippen LogP) is 4.03. The van der Waals surface area contributed by atoms with E-state index in [4.69, 9.17) is 5.73 Å². The summed E-state index contributed by atoms with van der Waals surface area (Å²) in [4.78, 5) is 4.56. The standard InChI is InChI=1S/C9H6BrF3N2S2/c10-6-2-1-4(16-6)7(14)5-3-15-8(17-5)9(11,12)13/h1-3,7H,14H2. The Morgan fingerprint density at radius 2 is 1.94 bits per heavy atom. The Hall–Kier alpha value is -0.440. The van der Waals surface area contributed by atoms with Crippen molar-refractivity contribution in [3.8, 4) is 0 Å². The average molecular weight is 343 g/mol. The summed E-state index contributed by atoms with van der Waals surface area (Å²) in [5, 5.41) is -0.862. The molecular weight excluding hydrogens is 337 g/mol. The van der Waals surface area contributed by atoms with Crippen molar-refractivity contribution in [1.82, 2.24) is 4.98 Å². The molecule has 0 aliphatic rings. The second-order valence-electron chi connectivity index (χ2n) is 3.19. The van der Waals surface area contributed by atoms with Crippen LogP contribution in [-0.4, -0.2) is 4.98 Å². The van der Waals surface area contributed by atoms with Crippen molar-refractivity contribution in [2.75, 3.05) is 0 Å². The van der Waals surface area contributed by atoms with E-state index in [0.717, 1.165) is 8.66 Å². The van der Waals surface area contributed by atoms with Crippen LogP contribution in [0.4, 0.5) is 13.2 Å². The van der Waals surface area contributed by atoms with Gasteiger partial charge in [0.15, 0.2) is 5.01 Å². The molecule has 0 aliphatic heterocycles. The summed E-state index contributed by atoms with van der Waals surface area (Å²) in [5.41, 5.74) is 5.88. The molecule has 0 saturated heterocycles. The molecule has 2 aromatic rings. The van der Waals surface area contributed by atoms with Gasteiger partial charge in [-0.2, -0.15) is 13.2 Å². The number of hydrogen-bond donors (Lipinski definition) is 1. The number of nitrogens with two attached hydrogens (primary N) is 1. The van der Waals surface area contributed by atoms with Gasteiger partial charge < -0.3 is 5.73 Å². The summed E-state index contributed by atoms with van der Waals surface area (Å²) in [6.07, 6.45) is -3.22. The first-order valence-electron chi connectivity index (χ1n) is 4.41. The van der Waals surface area contributed by atoms with Crippen molar-refractivity contribution in [2.24, 2.45) is 5.73 Å². The number of nitrogens with zero attached hydrogens (tertiary/aromatic N) is 1. The van der Waals surface area contributed by atoms with Crippen LogP contribution in [0.25, 0.3) is 0 Å². The first-order chi connectivity index (χ1) is 7.88. The summed E-state index contributed by atoms with van der Waals surface area (Å²) in [6, 6.07) is 3.04. The molecule has 1 atom stereocenters. The van der Waals surface area contributed by atoms with E-state index >= 15 is 0 Å². The largest absolute Gasteiger partial charge is 0.443 e. The van der Waals surface area contributed by atoms with Crippen molar-refractivity contribution in [1.29, 1.82) is 0 Å². The van der Waals surface area contributed by atoms with E-state index in [2.05, 4.69) is 20.9 Å². The van der Waals surface area contributed by atoms with Crippen LogP contribution in [-0.2, 0) is 6.18 Å². The van der Waals surface area contributed by atoms with E-state index in [1.807, 2.05) is 6.07 Å². The highest BCUT2D eigenvalue weighted by Gasteiger charge is 2.35. The van der Waals surface area contributed by atoms with Crippen molar-refractivity contribution < 1.29 is 13.2 Å². The molecule has 1 unspecified atom stereocenters. The minimum atomic E-state index is -4.40. The lowest BCUT2D eigenvalue weighted by molar-refractivity contribution is -0.137. The van der Waals surface area contributed by atoms with Crippen molar-refractivity contribution >= 4 is 38.6 Å². The van der Waals surface area contributed by atoms with Crippen LogP contribution in [0.5, 0.6) is 0 Å². The van der Waals surface area contributed by atoms with Gasteiger partial charge in [-0.05, 0) is 28.1 Å². The predicted molar refractivity (Wildman–Crippen MR) is 65.2 cm³/mol. The molecule has 0 spiro atoms. The zero-order chi connectivity index (χ0) is 12.6. The van der Waals surface area contributed by atoms with E-state index in [1.165, 1.54) is 17.5 Å². The summed E-state index contributed by atoms with van der Waals surface area (Å²) < 4.78 is 38.0. The number of rotatable bonds is 2. The summed E-state index contributed by atoms with van der Waals surface area (Å²) in [5.74, 6) is 0. The van der Waals surface area contributed by atoms with Gasteiger partial charge in [0.1, 0.15) is 0 Å². The van der Waals surface area contributed by atoms with Crippen molar-refractivity contribution in [3.63, 3.8) is 0 Å². The number of thiophene rings is 1. The maximum Gasteiger partial charge on any atom is 0.443 e. The molecule has 0 aromatic carbocycles. The molecule has 8 heteroatoms. The van der Waals surface area contributed by atoms with E-state index in [1.54, 1.807) is 6.07 Å². The maximum absolute atomic E-state index is 12.4. The topological polar surface area (TPSA) is 38.9 Å². The van der Waals surface area contributed by atoms with Gasteiger partial charge >= 0.3 is 6.18 Å². The Balaban J connectivity index is 2.26. The fraction of sp³-hybridized carbons (Fsp3) is 0.222. The monoisotopic (exact) mass is 342 g/mol. The van der Waals surface area contributed by atoms with Gasteiger partial charge in [0, 0.05) is 16.0 Å². The number of alkyl halides is 3. The number of thiazole rings is 1. The van der Waals surface area contributed by atoms with Crippen LogP contribution in [0, 0.1) is 0 Å². The van der Waals surface area contributed by atoms with Crippen molar-refractivity contribution in [2.45, 2.75) is 12.2 Å². The first kappa shape index (κ1) is 13.0. The minimum Gasteiger partial charge on any atom is -0.319 e. The fourth-order valence-electron chi connectivity index (χ4n) is 1.20. The molecule has 92 valence electrons. The van der Waals surface area contributed by atoms with Gasteiger partial charge in [0.2, 0.25) is 0 Å². The maximum atomic E-state index is 12.4. The molecule has 0 saturated carbocycles. The molecule has 0 radical (unpaired) electrons. The molecular formula is C9H6BrF3N2S2. The first-order valence-corrected chi connectivity index (χ1v) is 6.84. The number of hydrogen-bond acceptors (Lipinski definition) is 4. The second-order valence-corrected chi connectivity index (χ2v) is 6.74. The fourth-order valence-corrected chi connectivity index (χ4v) is 3.52. The van der Waals surface area contributed by atoms with Crippen LogP contribution < -0.4 is 5.73 Å². The van der Waals surface area contributed by atoms with Gasteiger partial charge in [-0.3, -0.25) is 0 Å². The average Bonchev–Trinajstić information content (AvgIpc) is 2.83. The Labute approximate surface area is 111 Å². The SMILES string of the molecule is NC(c1ccc(Br)s1)c1cnc(C(F)(F)F)s1. The molecule has 0 aliphatic carbocycles. The smallest absolute Gasteiger partial charge is 0.319 e. The highest BCUT2D eigenvalue weighted by molar-refractivity contribution is 9.11. The van der Waals surface area contributed by atoms with E-state index < -0.39 is 17.2 Å². The molecule has 2 heterocycles. The van der Waals surface area contributed by atoms with Crippen LogP contribution >= 0.6 is 38.6 Å². The second kappa shape index (κ2) is 4.68. The highest BCUT2D eigenvalue weighted by atomic mass is 79.9. The van der Waals surface area contributed by atoms with Gasteiger partial charge in [0.05, 0.1) is 9.83 Å². The molecule has 17 heavy (non-hydrogen) atoms. The Bertz CT molecular complexity index is 520. The number of aromatic nitrogens is 1. The Morgan fingerprint density at radius 3 is 2.41 bits per heavy atom. The molecule has 2 rings (SSSR count). The quantitative estimate of drug-likeness (QED) is 0.894. The number of halogens is 4. The van der Waals surface area contributed by atoms with Gasteiger partial charge in [-0.15, -0.1) is 22.7 Å². The Morgan fingerprint density at radius 1 is 1.24 bits per heavy atom. The van der Waals surface area contributed by atoms with Gasteiger partial charge in [-0.1, -0.05) is 0 Å². The molecule has 0 amide bonds. The van der Waals surface area contributed by atoms with E-state index in [0.29, 0.717) is 16.2 Å². The zero-order valence-corrected chi connectivity index (χ0v) is 11.4. The normalized spacial score (nSPS) is 13.9. The summed E-state index contributed by atoms with van der Waals surface area (Å²) >= 11 is 5.26. The van der Waals surface area contributed by atoms with Crippen LogP contribution in [0.1, 0.15) is 20.8 Å². The molecule has 2 aromatic heterocycles. The van der Waals surface area contributed by atoms with E-state index in [-0.39, 0.29) is 0 Å². The Kier molecular flexibility index (Phi) is 3.58. The van der Waals surface area contributed by atoms with Crippen LogP contribution in [0.3, 0.4) is 0 Å². The lowest BCUT2D eigenvalue weighted by Gasteiger charge is -2.05. The third kappa shape index (κ3) is 2.87. The van der Waals surface area contributed by atoms with Crippen LogP contribution in [0.2, 0.25) is 0 Å². The van der Waals surface area contributed by atoms with Crippen LogP contribution in [0.15, 0.2) is 22.1 Å². The van der Waals surface area contributed by atoms with Crippen molar-refractivity contribution in [3.05, 3.63) is 36.9 Å². The highest BCUT2D eigenvalue weighted by Crippen LogP contribution is 2.37. The molecule has 2 nitrogen and oxygen atoms in total. The molecule has 0 fully saturated rings. The third-order valence-electron chi connectivity index (χ3n) is 1.97. The van der Waals surface area contributed by atoms with Gasteiger partial charge in [0.25, 0.3) is 0 Å². The molecule has 2 N–H and O–H groups in total. The van der Waals surface area contributed by atoms with E-state index in [9.17, 15) is 13.2 Å². The summed E-state index contributed by atoms with van der Waals surface area (Å²) in [6.45, 7) is 0. The lowest BCUT2D eigenvalue weighted by Crippen LogP contribution is -2.08. The lowest BCUT2D eigenvalue weighted by atomic mass is 10.2. The van der Waals surface area contributed by atoms with Gasteiger partial charge in [-0.25, -0.2) is 4.98 Å².